The molecular formula is C58H39NOS. The number of furan rings is 1. The third kappa shape index (κ3) is 4.70. The first-order valence-corrected chi connectivity index (χ1v) is 22.0. The van der Waals surface area contributed by atoms with Gasteiger partial charge in [-0.3, -0.25) is 0 Å². The first kappa shape index (κ1) is 34.8. The van der Waals surface area contributed by atoms with Crippen LogP contribution in [0.2, 0.25) is 0 Å². The van der Waals surface area contributed by atoms with E-state index in [-0.39, 0.29) is 5.41 Å². The van der Waals surface area contributed by atoms with Crippen LogP contribution in [0.5, 0.6) is 0 Å². The molecule has 2 nitrogen and oxygen atoms in total. The molecule has 0 saturated heterocycles. The summed E-state index contributed by atoms with van der Waals surface area (Å²) in [5, 5.41) is 2.21. The van der Waals surface area contributed by atoms with Crippen LogP contribution in [0.15, 0.2) is 214 Å². The Kier molecular flexibility index (Phi) is 7.25. The van der Waals surface area contributed by atoms with Crippen molar-refractivity contribution in [1.29, 1.82) is 0 Å². The molecule has 1 aliphatic heterocycles. The van der Waals surface area contributed by atoms with Gasteiger partial charge >= 0.3 is 0 Å². The predicted octanol–water partition coefficient (Wildman–Crippen LogP) is 15.9. The summed E-state index contributed by atoms with van der Waals surface area (Å²) in [6.45, 7) is 4.72. The minimum atomic E-state index is -0.476. The van der Waals surface area contributed by atoms with Crippen molar-refractivity contribution in [3.05, 3.63) is 234 Å². The van der Waals surface area contributed by atoms with E-state index in [0.29, 0.717) is 0 Å². The van der Waals surface area contributed by atoms with Crippen LogP contribution in [0.25, 0.3) is 55.3 Å². The Morgan fingerprint density at radius 1 is 0.410 bits per heavy atom. The third-order valence-electron chi connectivity index (χ3n) is 13.7. The van der Waals surface area contributed by atoms with Gasteiger partial charge in [-0.1, -0.05) is 171 Å². The summed E-state index contributed by atoms with van der Waals surface area (Å²) in [7, 11) is 0. The summed E-state index contributed by atoms with van der Waals surface area (Å²) in [5.74, 6) is 0. The van der Waals surface area contributed by atoms with Crippen LogP contribution in [0.4, 0.5) is 17.1 Å². The van der Waals surface area contributed by atoms with Crippen molar-refractivity contribution in [3.8, 4) is 33.4 Å². The smallest absolute Gasteiger partial charge is 0.137 e. The Balaban J connectivity index is 1.10. The minimum Gasteiger partial charge on any atom is -0.456 e. The normalized spacial score (nSPS) is 14.6. The maximum atomic E-state index is 7.08. The van der Waals surface area contributed by atoms with Crippen molar-refractivity contribution in [2.75, 3.05) is 4.90 Å². The van der Waals surface area contributed by atoms with Gasteiger partial charge in [-0.25, -0.2) is 0 Å². The lowest BCUT2D eigenvalue weighted by Gasteiger charge is -2.39. The summed E-state index contributed by atoms with van der Waals surface area (Å²) >= 11 is 1.88. The molecule has 0 radical (unpaired) electrons. The van der Waals surface area contributed by atoms with Gasteiger partial charge in [0.05, 0.1) is 22.2 Å². The second-order valence-corrected chi connectivity index (χ2v) is 18.2. The zero-order valence-electron chi connectivity index (χ0n) is 33.8. The Morgan fingerprint density at radius 3 is 1.75 bits per heavy atom. The monoisotopic (exact) mass is 797 g/mol. The van der Waals surface area contributed by atoms with Crippen LogP contribution in [-0.2, 0) is 10.8 Å². The fraction of sp³-hybridized carbons (Fsp3) is 0.0690. The summed E-state index contributed by atoms with van der Waals surface area (Å²) in [4.78, 5) is 5.07. The van der Waals surface area contributed by atoms with E-state index in [1.807, 2.05) is 11.8 Å². The molecule has 0 amide bonds. The largest absolute Gasteiger partial charge is 0.456 e. The number of fused-ring (bicyclic) bond motifs is 15. The van der Waals surface area contributed by atoms with E-state index in [0.717, 1.165) is 39.0 Å². The number of hydrogen-bond acceptors (Lipinski definition) is 3. The number of para-hydroxylation sites is 1. The molecule has 3 heteroatoms. The Labute approximate surface area is 359 Å². The van der Waals surface area contributed by atoms with Gasteiger partial charge in [0.25, 0.3) is 0 Å². The van der Waals surface area contributed by atoms with Gasteiger partial charge in [-0.2, -0.15) is 0 Å². The lowest BCUT2D eigenvalue weighted by atomic mass is 9.67. The average molecular weight is 798 g/mol. The van der Waals surface area contributed by atoms with Crippen molar-refractivity contribution in [2.45, 2.75) is 34.5 Å². The van der Waals surface area contributed by atoms with Crippen LogP contribution in [-0.4, -0.2) is 0 Å². The molecule has 0 N–H and O–H groups in total. The minimum absolute atomic E-state index is 0.153. The molecule has 288 valence electrons. The molecule has 2 heterocycles. The van der Waals surface area contributed by atoms with Gasteiger partial charge in [0, 0.05) is 31.8 Å². The molecule has 13 rings (SSSR count). The topological polar surface area (TPSA) is 16.4 Å². The molecule has 3 aliphatic rings. The predicted molar refractivity (Wildman–Crippen MR) is 253 cm³/mol. The molecule has 0 fully saturated rings. The van der Waals surface area contributed by atoms with Crippen molar-refractivity contribution in [1.82, 2.24) is 0 Å². The summed E-state index contributed by atoms with van der Waals surface area (Å²) in [6, 6.07) is 74.0. The van der Waals surface area contributed by atoms with E-state index in [9.17, 15) is 0 Å². The molecular weight excluding hydrogens is 759 g/mol. The van der Waals surface area contributed by atoms with E-state index >= 15 is 0 Å². The Morgan fingerprint density at radius 2 is 1.00 bits per heavy atom. The van der Waals surface area contributed by atoms with E-state index in [4.69, 9.17) is 4.42 Å². The highest BCUT2D eigenvalue weighted by molar-refractivity contribution is 7.99. The summed E-state index contributed by atoms with van der Waals surface area (Å²) < 4.78 is 7.08. The van der Waals surface area contributed by atoms with Gasteiger partial charge in [0.2, 0.25) is 0 Å². The summed E-state index contributed by atoms with van der Waals surface area (Å²) in [5.41, 5.74) is 19.9. The molecule has 61 heavy (non-hydrogen) atoms. The zero-order chi connectivity index (χ0) is 40.5. The third-order valence-corrected chi connectivity index (χ3v) is 14.9. The second kappa shape index (κ2) is 12.7. The van der Waals surface area contributed by atoms with Crippen molar-refractivity contribution in [2.24, 2.45) is 0 Å². The molecule has 0 bridgehead atoms. The molecule has 0 atom stereocenters. The van der Waals surface area contributed by atoms with Gasteiger partial charge in [-0.05, 0) is 116 Å². The molecule has 0 unspecified atom stereocenters. The fourth-order valence-electron chi connectivity index (χ4n) is 11.1. The molecule has 1 spiro atoms. The molecule has 2 aliphatic carbocycles. The number of benzene rings is 9. The standard InChI is InChI=1S/C58H39NOS/c1-57(2)44-22-9-6-20-39(44)41-32-31-37(33-48(41)57)59(50-26-13-8-19-38(50)36-17-4-3-5-18-36)51-27-16-28-52-56(51)43-34-42-40-21-7-10-23-45(40)58(49(42)35-53(43)60-52)46-24-11-14-29-54(46)61-55-30-15-12-25-47(55)58/h3-35H,1-2H3. The lowest BCUT2D eigenvalue weighted by molar-refractivity contribution is 0.660. The van der Waals surface area contributed by atoms with Crippen molar-refractivity contribution < 1.29 is 4.42 Å². The van der Waals surface area contributed by atoms with Crippen LogP contribution in [0, 0.1) is 0 Å². The molecule has 9 aromatic carbocycles. The number of hydrogen-bond donors (Lipinski definition) is 0. The first-order valence-electron chi connectivity index (χ1n) is 21.2. The van der Waals surface area contributed by atoms with E-state index < -0.39 is 5.41 Å². The molecule has 0 saturated carbocycles. The van der Waals surface area contributed by atoms with Crippen LogP contribution in [0.1, 0.15) is 47.2 Å². The average Bonchev–Trinajstić information content (AvgIpc) is 3.90. The molecule has 10 aromatic rings. The second-order valence-electron chi connectivity index (χ2n) is 17.2. The highest BCUT2D eigenvalue weighted by atomic mass is 32.2. The quantitative estimate of drug-likeness (QED) is 0.176. The fourth-order valence-corrected chi connectivity index (χ4v) is 12.3. The van der Waals surface area contributed by atoms with Crippen molar-refractivity contribution in [3.63, 3.8) is 0 Å². The number of nitrogens with zero attached hydrogens (tertiary/aromatic N) is 1. The van der Waals surface area contributed by atoms with E-state index in [1.54, 1.807) is 0 Å². The maximum Gasteiger partial charge on any atom is 0.137 e. The highest BCUT2D eigenvalue weighted by Gasteiger charge is 2.50. The van der Waals surface area contributed by atoms with Gasteiger partial charge in [0.15, 0.2) is 0 Å². The Bertz CT molecular complexity index is 3400. The van der Waals surface area contributed by atoms with Crippen molar-refractivity contribution >= 4 is 50.8 Å². The number of anilines is 3. The van der Waals surface area contributed by atoms with E-state index in [1.165, 1.54) is 76.6 Å². The van der Waals surface area contributed by atoms with Gasteiger partial charge in [0.1, 0.15) is 11.2 Å². The summed E-state index contributed by atoms with van der Waals surface area (Å²) in [6.07, 6.45) is 0. The van der Waals surface area contributed by atoms with Gasteiger partial charge < -0.3 is 9.32 Å². The first-order chi connectivity index (χ1) is 30.0. The zero-order valence-corrected chi connectivity index (χ0v) is 34.6. The maximum absolute atomic E-state index is 7.08. The van der Waals surface area contributed by atoms with Gasteiger partial charge in [-0.15, -0.1) is 0 Å². The van der Waals surface area contributed by atoms with E-state index in [2.05, 4.69) is 219 Å². The highest BCUT2D eigenvalue weighted by Crippen LogP contribution is 2.63. The van der Waals surface area contributed by atoms with Crippen LogP contribution >= 0.6 is 11.8 Å². The number of rotatable bonds is 4. The molecule has 1 aromatic heterocycles. The lowest BCUT2D eigenvalue weighted by Crippen LogP contribution is -2.31. The van der Waals surface area contributed by atoms with Crippen LogP contribution in [0.3, 0.4) is 0 Å². The SMILES string of the molecule is CC1(C)c2ccccc2-c2ccc(N(c3ccccc3-c3ccccc3)c3cccc4oc5cc6c(cc5c34)-c3ccccc3C63c4ccccc4Sc4ccccc43)cc21. The Hall–Kier alpha value is -7.07. The van der Waals surface area contributed by atoms with Crippen LogP contribution < -0.4 is 4.90 Å².